The lowest BCUT2D eigenvalue weighted by atomic mass is 10.2. The van der Waals surface area contributed by atoms with Gasteiger partial charge in [-0.2, -0.15) is 10.5 Å². The molecule has 108 valence electrons. The van der Waals surface area contributed by atoms with Gasteiger partial charge in [0.1, 0.15) is 17.7 Å². The van der Waals surface area contributed by atoms with E-state index in [1.807, 2.05) is 60.7 Å². The monoisotopic (exact) mass is 325 g/mol. The average molecular weight is 326 g/mol. The Labute approximate surface area is 138 Å². The SMILES string of the molecule is N#CC(C#N)=CNc1ccccc1SCc1ccc(Cl)cc1. The first-order chi connectivity index (χ1) is 10.7. The number of halogens is 1. The number of benzene rings is 2. The van der Waals surface area contributed by atoms with Crippen LogP contribution in [0.25, 0.3) is 0 Å². The first-order valence-corrected chi connectivity index (χ1v) is 7.82. The lowest BCUT2D eigenvalue weighted by Gasteiger charge is -2.09. The van der Waals surface area contributed by atoms with Crippen LogP contribution in [0.5, 0.6) is 0 Å². The third kappa shape index (κ3) is 4.56. The Balaban J connectivity index is 2.08. The first kappa shape index (κ1) is 16.0. The summed E-state index contributed by atoms with van der Waals surface area (Å²) in [6.07, 6.45) is 1.42. The number of nitrogens with zero attached hydrogens (tertiary/aromatic N) is 2. The van der Waals surface area contributed by atoms with Crippen LogP contribution in [-0.4, -0.2) is 0 Å². The molecule has 0 bridgehead atoms. The molecule has 0 fully saturated rings. The number of para-hydroxylation sites is 1. The van der Waals surface area contributed by atoms with Crippen molar-refractivity contribution in [1.82, 2.24) is 0 Å². The van der Waals surface area contributed by atoms with E-state index in [1.165, 1.54) is 11.8 Å². The van der Waals surface area contributed by atoms with E-state index in [4.69, 9.17) is 22.1 Å². The molecule has 0 aliphatic rings. The third-order valence-corrected chi connectivity index (χ3v) is 4.20. The second-order valence-electron chi connectivity index (χ2n) is 4.34. The number of allylic oxidation sites excluding steroid dienone is 1. The predicted molar refractivity (Wildman–Crippen MR) is 90.4 cm³/mol. The fourth-order valence-corrected chi connectivity index (χ4v) is 2.79. The standard InChI is InChI=1S/C17H12ClN3S/c18-15-7-5-13(6-8-15)12-22-17-4-2-1-3-16(17)21-11-14(9-19)10-20/h1-8,11,21H,12H2. The van der Waals surface area contributed by atoms with Gasteiger partial charge in [-0.25, -0.2) is 0 Å². The lowest BCUT2D eigenvalue weighted by molar-refractivity contribution is 1.36. The van der Waals surface area contributed by atoms with E-state index in [9.17, 15) is 0 Å². The van der Waals surface area contributed by atoms with Gasteiger partial charge >= 0.3 is 0 Å². The molecule has 0 aliphatic carbocycles. The number of rotatable bonds is 5. The zero-order chi connectivity index (χ0) is 15.8. The van der Waals surface area contributed by atoms with Gasteiger partial charge in [-0.05, 0) is 29.8 Å². The first-order valence-electron chi connectivity index (χ1n) is 6.46. The third-order valence-electron chi connectivity index (χ3n) is 2.81. The molecule has 2 aromatic rings. The van der Waals surface area contributed by atoms with Crippen LogP contribution in [0.4, 0.5) is 5.69 Å². The van der Waals surface area contributed by atoms with E-state index >= 15 is 0 Å². The van der Waals surface area contributed by atoms with Gasteiger partial charge in [0.05, 0.1) is 5.69 Å². The summed E-state index contributed by atoms with van der Waals surface area (Å²) in [5, 5.41) is 21.2. The zero-order valence-electron chi connectivity index (χ0n) is 11.6. The molecule has 0 radical (unpaired) electrons. The minimum Gasteiger partial charge on any atom is -0.359 e. The molecule has 0 atom stereocenters. The molecule has 2 aromatic carbocycles. The van der Waals surface area contributed by atoms with Crippen LogP contribution in [0.2, 0.25) is 5.02 Å². The van der Waals surface area contributed by atoms with Crippen molar-refractivity contribution in [3.05, 3.63) is 70.9 Å². The van der Waals surface area contributed by atoms with Gasteiger partial charge in [0.15, 0.2) is 0 Å². The normalized spacial score (nSPS) is 9.41. The van der Waals surface area contributed by atoms with E-state index < -0.39 is 0 Å². The molecule has 0 saturated carbocycles. The summed E-state index contributed by atoms with van der Waals surface area (Å²) >= 11 is 7.55. The Bertz CT molecular complexity index is 739. The number of hydrogen-bond acceptors (Lipinski definition) is 4. The molecule has 0 saturated heterocycles. The van der Waals surface area contributed by atoms with Crippen LogP contribution < -0.4 is 5.32 Å². The quantitative estimate of drug-likeness (QED) is 0.622. The molecular weight excluding hydrogens is 314 g/mol. The number of nitrogens with one attached hydrogen (secondary N) is 1. The van der Waals surface area contributed by atoms with Gasteiger partial charge in [-0.15, -0.1) is 11.8 Å². The molecule has 0 amide bonds. The average Bonchev–Trinajstić information content (AvgIpc) is 2.56. The second kappa shape index (κ2) is 8.14. The fraction of sp³-hybridized carbons (Fsp3) is 0.0588. The van der Waals surface area contributed by atoms with E-state index in [-0.39, 0.29) is 5.57 Å². The summed E-state index contributed by atoms with van der Waals surface area (Å²) in [7, 11) is 0. The van der Waals surface area contributed by atoms with Crippen LogP contribution >= 0.6 is 23.4 Å². The van der Waals surface area contributed by atoms with E-state index in [2.05, 4.69) is 5.32 Å². The van der Waals surface area contributed by atoms with Gasteiger partial charge in [0, 0.05) is 21.9 Å². The molecule has 0 unspecified atom stereocenters. The minimum atomic E-state index is 0.0394. The van der Waals surface area contributed by atoms with Crippen LogP contribution in [0.1, 0.15) is 5.56 Å². The molecular formula is C17H12ClN3S. The zero-order valence-corrected chi connectivity index (χ0v) is 13.2. The highest BCUT2D eigenvalue weighted by Gasteiger charge is 2.03. The maximum atomic E-state index is 8.75. The Hall–Kier alpha value is -2.40. The summed E-state index contributed by atoms with van der Waals surface area (Å²) in [4.78, 5) is 1.05. The highest BCUT2D eigenvalue weighted by Crippen LogP contribution is 2.30. The van der Waals surface area contributed by atoms with Crippen LogP contribution in [0.15, 0.2) is 65.2 Å². The topological polar surface area (TPSA) is 59.6 Å². The van der Waals surface area contributed by atoms with Gasteiger partial charge < -0.3 is 5.32 Å². The molecule has 22 heavy (non-hydrogen) atoms. The fourth-order valence-electron chi connectivity index (χ4n) is 1.69. The Morgan fingerprint density at radius 1 is 1.09 bits per heavy atom. The van der Waals surface area contributed by atoms with Crippen molar-refractivity contribution < 1.29 is 0 Å². The Kier molecular flexibility index (Phi) is 5.91. The molecule has 0 spiro atoms. The van der Waals surface area contributed by atoms with Crippen molar-refractivity contribution in [3.63, 3.8) is 0 Å². The number of hydrogen-bond donors (Lipinski definition) is 1. The summed E-state index contributed by atoms with van der Waals surface area (Å²) in [5.74, 6) is 0.808. The maximum absolute atomic E-state index is 8.75. The Morgan fingerprint density at radius 2 is 1.77 bits per heavy atom. The summed E-state index contributed by atoms with van der Waals surface area (Å²) in [6, 6.07) is 19.1. The lowest BCUT2D eigenvalue weighted by Crippen LogP contribution is -1.92. The van der Waals surface area contributed by atoms with Crippen molar-refractivity contribution in [2.45, 2.75) is 10.6 Å². The van der Waals surface area contributed by atoms with Crippen LogP contribution in [0, 0.1) is 22.7 Å². The maximum Gasteiger partial charge on any atom is 0.145 e. The molecule has 0 heterocycles. The molecule has 3 nitrogen and oxygen atoms in total. The van der Waals surface area contributed by atoms with E-state index in [1.54, 1.807) is 11.8 Å². The highest BCUT2D eigenvalue weighted by molar-refractivity contribution is 7.98. The number of nitriles is 2. The van der Waals surface area contributed by atoms with E-state index in [0.717, 1.165) is 21.4 Å². The van der Waals surface area contributed by atoms with Gasteiger partial charge in [-0.3, -0.25) is 0 Å². The summed E-state index contributed by atoms with van der Waals surface area (Å²) in [6.45, 7) is 0. The van der Waals surface area contributed by atoms with Crippen LogP contribution in [0.3, 0.4) is 0 Å². The van der Waals surface area contributed by atoms with Gasteiger partial charge in [0.25, 0.3) is 0 Å². The van der Waals surface area contributed by atoms with E-state index in [0.29, 0.717) is 0 Å². The van der Waals surface area contributed by atoms with Gasteiger partial charge in [-0.1, -0.05) is 35.9 Å². The summed E-state index contributed by atoms with van der Waals surface area (Å²) in [5.41, 5.74) is 2.08. The number of thioether (sulfide) groups is 1. The van der Waals surface area contributed by atoms with Crippen LogP contribution in [-0.2, 0) is 5.75 Å². The van der Waals surface area contributed by atoms with Crippen molar-refractivity contribution in [2.24, 2.45) is 0 Å². The molecule has 1 N–H and O–H groups in total. The van der Waals surface area contributed by atoms with Crippen molar-refractivity contribution >= 4 is 29.1 Å². The Morgan fingerprint density at radius 3 is 2.45 bits per heavy atom. The minimum absolute atomic E-state index is 0.0394. The molecule has 5 heteroatoms. The summed E-state index contributed by atoms with van der Waals surface area (Å²) < 4.78 is 0. The molecule has 0 aliphatic heterocycles. The molecule has 2 rings (SSSR count). The predicted octanol–water partition coefficient (Wildman–Crippen LogP) is 4.98. The highest BCUT2D eigenvalue weighted by atomic mass is 35.5. The second-order valence-corrected chi connectivity index (χ2v) is 5.79. The van der Waals surface area contributed by atoms with Crippen molar-refractivity contribution in [3.8, 4) is 12.1 Å². The van der Waals surface area contributed by atoms with Gasteiger partial charge in [0.2, 0.25) is 0 Å². The van der Waals surface area contributed by atoms with Crippen molar-refractivity contribution in [1.29, 1.82) is 10.5 Å². The largest absolute Gasteiger partial charge is 0.359 e. The smallest absolute Gasteiger partial charge is 0.145 e. The van der Waals surface area contributed by atoms with Crippen molar-refractivity contribution in [2.75, 3.05) is 5.32 Å². The number of anilines is 1. The molecule has 0 aromatic heterocycles.